The van der Waals surface area contributed by atoms with E-state index in [1.165, 1.54) is 11.1 Å². The number of carbonyl (C=O) groups is 1. The number of thiazole rings is 1. The Morgan fingerprint density at radius 2 is 1.85 bits per heavy atom. The minimum atomic E-state index is 0.0279. The van der Waals surface area contributed by atoms with Crippen LogP contribution in [0.2, 0.25) is 0 Å². The lowest BCUT2D eigenvalue weighted by molar-refractivity contribution is -0.120. The van der Waals surface area contributed by atoms with Crippen molar-refractivity contribution >= 4 is 17.2 Å². The normalized spacial score (nSPS) is 11.9. The molecule has 3 nitrogen and oxygen atoms in total. The summed E-state index contributed by atoms with van der Waals surface area (Å²) in [6.07, 6.45) is 1.33. The van der Waals surface area contributed by atoms with E-state index >= 15 is 0 Å². The zero-order chi connectivity index (χ0) is 18.4. The molecule has 1 aromatic heterocycles. The number of aromatic nitrogens is 1. The number of hydrogen-bond donors (Lipinski definition) is 1. The smallest absolute Gasteiger partial charge is 0.226 e. The molecule has 1 atom stereocenters. The molecular formula is C22H24N2OS. The average Bonchev–Trinajstić information content (AvgIpc) is 3.12. The van der Waals surface area contributed by atoms with Crippen LogP contribution in [-0.4, -0.2) is 17.4 Å². The fourth-order valence-electron chi connectivity index (χ4n) is 2.90. The van der Waals surface area contributed by atoms with Crippen LogP contribution in [0.4, 0.5) is 0 Å². The van der Waals surface area contributed by atoms with Gasteiger partial charge in [-0.05, 0) is 18.9 Å². The largest absolute Gasteiger partial charge is 0.355 e. The van der Waals surface area contributed by atoms with E-state index in [0.717, 1.165) is 22.7 Å². The fraction of sp³-hybridized carbons (Fsp3) is 0.273. The van der Waals surface area contributed by atoms with Gasteiger partial charge in [-0.15, -0.1) is 11.3 Å². The highest BCUT2D eigenvalue weighted by Crippen LogP contribution is 2.24. The van der Waals surface area contributed by atoms with Gasteiger partial charge in [0.15, 0.2) is 0 Å². The van der Waals surface area contributed by atoms with Crippen molar-refractivity contribution in [2.45, 2.75) is 32.6 Å². The highest BCUT2D eigenvalue weighted by Gasteiger charge is 2.13. The molecule has 0 spiro atoms. The van der Waals surface area contributed by atoms with Gasteiger partial charge in [-0.3, -0.25) is 4.79 Å². The third kappa shape index (κ3) is 4.79. The summed E-state index contributed by atoms with van der Waals surface area (Å²) in [5.74, 6) is 0.374. The Bertz CT molecular complexity index is 840. The van der Waals surface area contributed by atoms with E-state index in [1.54, 1.807) is 11.3 Å². The number of benzene rings is 2. The number of carbonyl (C=O) groups excluding carboxylic acids is 1. The lowest BCUT2D eigenvalue weighted by Gasteiger charge is -2.16. The van der Waals surface area contributed by atoms with Crippen molar-refractivity contribution in [1.82, 2.24) is 10.3 Å². The molecule has 1 heterocycles. The molecule has 2 aromatic carbocycles. The van der Waals surface area contributed by atoms with E-state index in [2.05, 4.69) is 60.5 Å². The summed E-state index contributed by atoms with van der Waals surface area (Å²) >= 11 is 1.59. The topological polar surface area (TPSA) is 42.0 Å². The predicted molar refractivity (Wildman–Crippen MR) is 108 cm³/mol. The fourth-order valence-corrected chi connectivity index (χ4v) is 3.73. The molecular weight excluding hydrogens is 340 g/mol. The summed E-state index contributed by atoms with van der Waals surface area (Å²) in [5, 5.41) is 6.00. The molecule has 0 saturated heterocycles. The molecule has 0 aliphatic heterocycles. The maximum Gasteiger partial charge on any atom is 0.226 e. The first-order valence-electron chi connectivity index (χ1n) is 8.98. The highest BCUT2D eigenvalue weighted by atomic mass is 32.1. The molecule has 26 heavy (non-hydrogen) atoms. The number of hydrogen-bond acceptors (Lipinski definition) is 3. The second kappa shape index (κ2) is 8.77. The van der Waals surface area contributed by atoms with Crippen molar-refractivity contribution in [3.63, 3.8) is 0 Å². The standard InChI is InChI=1S/C22H24N2OS/c1-3-17(18-7-5-4-6-8-18)14-23-21(25)13-20-15-26-22(24-20)19-11-9-16(2)10-12-19/h4-12,15,17H,3,13-14H2,1-2H3,(H,23,25)/t17-/m0/s1. The Morgan fingerprint density at radius 1 is 1.12 bits per heavy atom. The third-order valence-corrected chi connectivity index (χ3v) is 5.44. The van der Waals surface area contributed by atoms with Gasteiger partial charge in [-0.1, -0.05) is 67.1 Å². The number of nitrogens with zero attached hydrogens (tertiary/aromatic N) is 1. The maximum atomic E-state index is 12.3. The van der Waals surface area contributed by atoms with Crippen LogP contribution in [0.1, 0.15) is 36.1 Å². The average molecular weight is 365 g/mol. The summed E-state index contributed by atoms with van der Waals surface area (Å²) in [7, 11) is 0. The van der Waals surface area contributed by atoms with Crippen molar-refractivity contribution in [3.8, 4) is 10.6 Å². The summed E-state index contributed by atoms with van der Waals surface area (Å²) < 4.78 is 0. The van der Waals surface area contributed by atoms with Gasteiger partial charge in [0.05, 0.1) is 12.1 Å². The minimum Gasteiger partial charge on any atom is -0.355 e. The van der Waals surface area contributed by atoms with E-state index in [4.69, 9.17) is 0 Å². The quantitative estimate of drug-likeness (QED) is 0.643. The molecule has 0 saturated carbocycles. The van der Waals surface area contributed by atoms with Crippen molar-refractivity contribution < 1.29 is 4.79 Å². The van der Waals surface area contributed by atoms with Crippen LogP contribution in [0.15, 0.2) is 60.0 Å². The zero-order valence-electron chi connectivity index (χ0n) is 15.2. The molecule has 0 unspecified atom stereocenters. The van der Waals surface area contributed by atoms with Crippen molar-refractivity contribution in [2.75, 3.05) is 6.54 Å². The third-order valence-electron chi connectivity index (χ3n) is 4.50. The van der Waals surface area contributed by atoms with E-state index < -0.39 is 0 Å². The van der Waals surface area contributed by atoms with Gasteiger partial charge in [-0.2, -0.15) is 0 Å². The van der Waals surface area contributed by atoms with Crippen molar-refractivity contribution in [1.29, 1.82) is 0 Å². The second-order valence-electron chi connectivity index (χ2n) is 6.51. The Balaban J connectivity index is 1.56. The predicted octanol–water partition coefficient (Wildman–Crippen LogP) is 4.97. The first-order valence-corrected chi connectivity index (χ1v) is 9.86. The summed E-state index contributed by atoms with van der Waals surface area (Å²) in [6.45, 7) is 4.88. The Kier molecular flexibility index (Phi) is 6.18. The van der Waals surface area contributed by atoms with Crippen LogP contribution in [0, 0.1) is 6.92 Å². The highest BCUT2D eigenvalue weighted by molar-refractivity contribution is 7.13. The number of amides is 1. The van der Waals surface area contributed by atoms with Crippen LogP contribution in [0.25, 0.3) is 10.6 Å². The Labute approximate surface area is 159 Å². The van der Waals surface area contributed by atoms with Crippen molar-refractivity contribution in [3.05, 3.63) is 76.8 Å². The second-order valence-corrected chi connectivity index (χ2v) is 7.36. The summed E-state index contributed by atoms with van der Waals surface area (Å²) in [6, 6.07) is 18.7. The molecule has 0 radical (unpaired) electrons. The van der Waals surface area contributed by atoms with Crippen molar-refractivity contribution in [2.24, 2.45) is 0 Å². The molecule has 0 aliphatic rings. The summed E-state index contributed by atoms with van der Waals surface area (Å²) in [5.41, 5.74) is 4.43. The molecule has 1 N–H and O–H groups in total. The molecule has 1 amide bonds. The SMILES string of the molecule is CC[C@@H](CNC(=O)Cc1csc(-c2ccc(C)cc2)n1)c1ccccc1. The molecule has 4 heteroatoms. The van der Waals surface area contributed by atoms with Gasteiger partial charge in [-0.25, -0.2) is 4.98 Å². The maximum absolute atomic E-state index is 12.3. The van der Waals surface area contributed by atoms with E-state index in [1.807, 2.05) is 23.6 Å². The van der Waals surface area contributed by atoms with Crippen LogP contribution in [-0.2, 0) is 11.2 Å². The molecule has 0 aliphatic carbocycles. The minimum absolute atomic E-state index is 0.0279. The van der Waals surface area contributed by atoms with Crippen LogP contribution < -0.4 is 5.32 Å². The van der Waals surface area contributed by atoms with Crippen LogP contribution in [0.5, 0.6) is 0 Å². The van der Waals surface area contributed by atoms with Gasteiger partial charge in [0.25, 0.3) is 0 Å². The van der Waals surface area contributed by atoms with Gasteiger partial charge in [0, 0.05) is 23.4 Å². The summed E-state index contributed by atoms with van der Waals surface area (Å²) in [4.78, 5) is 16.9. The number of rotatable bonds is 7. The zero-order valence-corrected chi connectivity index (χ0v) is 16.1. The van der Waals surface area contributed by atoms with E-state index in [9.17, 15) is 4.79 Å². The van der Waals surface area contributed by atoms with Crippen LogP contribution >= 0.6 is 11.3 Å². The lowest BCUT2D eigenvalue weighted by atomic mass is 9.96. The number of aryl methyl sites for hydroxylation is 1. The lowest BCUT2D eigenvalue weighted by Crippen LogP contribution is -2.29. The van der Waals surface area contributed by atoms with Gasteiger partial charge in [0.1, 0.15) is 5.01 Å². The van der Waals surface area contributed by atoms with Crippen LogP contribution in [0.3, 0.4) is 0 Å². The first kappa shape index (κ1) is 18.3. The monoisotopic (exact) mass is 364 g/mol. The van der Waals surface area contributed by atoms with Gasteiger partial charge in [0.2, 0.25) is 5.91 Å². The van der Waals surface area contributed by atoms with Gasteiger partial charge < -0.3 is 5.32 Å². The molecule has 0 bridgehead atoms. The van der Waals surface area contributed by atoms with Gasteiger partial charge >= 0.3 is 0 Å². The van der Waals surface area contributed by atoms with E-state index in [0.29, 0.717) is 18.9 Å². The molecule has 3 rings (SSSR count). The molecule has 3 aromatic rings. The molecule has 0 fully saturated rings. The number of nitrogens with one attached hydrogen (secondary N) is 1. The molecule has 134 valence electrons. The Morgan fingerprint density at radius 3 is 2.54 bits per heavy atom. The van der Waals surface area contributed by atoms with E-state index in [-0.39, 0.29) is 5.91 Å². The Hall–Kier alpha value is -2.46. The first-order chi connectivity index (χ1) is 12.7.